The second-order valence-electron chi connectivity index (χ2n) is 5.34. The lowest BCUT2D eigenvalue weighted by molar-refractivity contribution is 0.435. The van der Waals surface area contributed by atoms with Crippen LogP contribution >= 0.6 is 11.8 Å². The summed E-state index contributed by atoms with van der Waals surface area (Å²) >= 11 is 1.93. The average Bonchev–Trinajstić information content (AvgIpc) is 2.05. The molecular weight excluding hydrogens is 166 g/mol. The van der Waals surface area contributed by atoms with Gasteiger partial charge in [0.05, 0.1) is 10.6 Å². The summed E-state index contributed by atoms with van der Waals surface area (Å²) < 4.78 is 0. The largest absolute Gasteiger partial charge is 0.276 e. The van der Waals surface area contributed by atoms with E-state index < -0.39 is 0 Å². The molecule has 1 rings (SSSR count). The van der Waals surface area contributed by atoms with Crippen molar-refractivity contribution >= 4 is 16.8 Å². The Bertz CT molecular complexity index is 198. The molecule has 0 bridgehead atoms. The highest BCUT2D eigenvalue weighted by Crippen LogP contribution is 2.33. The molecule has 0 aromatic carbocycles. The molecular formula is C10H19NS. The SMILES string of the molecule is CC(C)(C)CC1=NC(C)(C)CS1. The van der Waals surface area contributed by atoms with Crippen LogP contribution in [0.15, 0.2) is 4.99 Å². The maximum absolute atomic E-state index is 4.69. The Morgan fingerprint density at radius 3 is 2.33 bits per heavy atom. The maximum atomic E-state index is 4.69. The Hall–Kier alpha value is 0.0200. The molecule has 1 aliphatic heterocycles. The fraction of sp³-hybridized carbons (Fsp3) is 0.900. The Balaban J connectivity index is 2.57. The van der Waals surface area contributed by atoms with Gasteiger partial charge in [0.15, 0.2) is 0 Å². The van der Waals surface area contributed by atoms with Gasteiger partial charge in [0.25, 0.3) is 0 Å². The van der Waals surface area contributed by atoms with Crippen molar-refractivity contribution in [3.63, 3.8) is 0 Å². The van der Waals surface area contributed by atoms with Gasteiger partial charge < -0.3 is 0 Å². The number of nitrogens with zero attached hydrogens (tertiary/aromatic N) is 1. The van der Waals surface area contributed by atoms with Gasteiger partial charge in [-0.3, -0.25) is 4.99 Å². The molecule has 70 valence electrons. The standard InChI is InChI=1S/C10H19NS/c1-9(2,3)6-8-11-10(4,5)7-12-8/h6-7H2,1-5H3. The molecule has 0 spiro atoms. The third kappa shape index (κ3) is 3.18. The number of hydrogen-bond donors (Lipinski definition) is 0. The smallest absolute Gasteiger partial charge is 0.0688 e. The van der Waals surface area contributed by atoms with Crippen LogP contribution < -0.4 is 0 Å². The van der Waals surface area contributed by atoms with Crippen molar-refractivity contribution in [3.8, 4) is 0 Å². The van der Waals surface area contributed by atoms with Crippen molar-refractivity contribution in [1.29, 1.82) is 0 Å². The van der Waals surface area contributed by atoms with Crippen LogP contribution in [0.1, 0.15) is 41.0 Å². The van der Waals surface area contributed by atoms with E-state index in [0.717, 1.165) is 12.2 Å². The minimum Gasteiger partial charge on any atom is -0.276 e. The van der Waals surface area contributed by atoms with E-state index >= 15 is 0 Å². The first-order valence-corrected chi connectivity index (χ1v) is 5.49. The normalized spacial score (nSPS) is 22.6. The van der Waals surface area contributed by atoms with Gasteiger partial charge >= 0.3 is 0 Å². The number of rotatable bonds is 1. The zero-order valence-corrected chi connectivity index (χ0v) is 9.59. The molecule has 0 saturated carbocycles. The van der Waals surface area contributed by atoms with E-state index in [4.69, 9.17) is 0 Å². The quantitative estimate of drug-likeness (QED) is 0.610. The minimum absolute atomic E-state index is 0.186. The molecule has 12 heavy (non-hydrogen) atoms. The van der Waals surface area contributed by atoms with Crippen LogP contribution in [0.4, 0.5) is 0 Å². The highest BCUT2D eigenvalue weighted by molar-refractivity contribution is 8.14. The summed E-state index contributed by atoms with van der Waals surface area (Å²) in [6, 6.07) is 0. The maximum Gasteiger partial charge on any atom is 0.0688 e. The average molecular weight is 185 g/mol. The molecule has 0 N–H and O–H groups in total. The third-order valence-electron chi connectivity index (χ3n) is 1.70. The monoisotopic (exact) mass is 185 g/mol. The van der Waals surface area contributed by atoms with Crippen molar-refractivity contribution in [2.75, 3.05) is 5.75 Å². The molecule has 1 aliphatic rings. The first-order chi connectivity index (χ1) is 5.29. The van der Waals surface area contributed by atoms with Gasteiger partial charge in [-0.1, -0.05) is 20.8 Å². The van der Waals surface area contributed by atoms with Gasteiger partial charge in [-0.05, 0) is 19.3 Å². The van der Waals surface area contributed by atoms with Gasteiger partial charge in [-0.25, -0.2) is 0 Å². The molecule has 0 aromatic heterocycles. The summed E-state index contributed by atoms with van der Waals surface area (Å²) in [4.78, 5) is 4.69. The predicted octanol–water partition coefficient (Wildman–Crippen LogP) is 3.35. The Morgan fingerprint density at radius 2 is 2.00 bits per heavy atom. The lowest BCUT2D eigenvalue weighted by Crippen LogP contribution is -2.15. The Morgan fingerprint density at radius 1 is 1.42 bits per heavy atom. The molecule has 0 amide bonds. The van der Waals surface area contributed by atoms with E-state index in [1.807, 2.05) is 11.8 Å². The number of hydrogen-bond acceptors (Lipinski definition) is 2. The van der Waals surface area contributed by atoms with Gasteiger partial charge in [0.2, 0.25) is 0 Å². The minimum atomic E-state index is 0.186. The fourth-order valence-electron chi connectivity index (χ4n) is 1.21. The molecule has 0 unspecified atom stereocenters. The lowest BCUT2D eigenvalue weighted by atomic mass is 9.93. The van der Waals surface area contributed by atoms with Gasteiger partial charge in [-0.15, -0.1) is 11.8 Å². The highest BCUT2D eigenvalue weighted by Gasteiger charge is 2.27. The number of aliphatic imine (C=N–C) groups is 1. The van der Waals surface area contributed by atoms with Crippen LogP contribution in [-0.2, 0) is 0 Å². The van der Waals surface area contributed by atoms with Crippen molar-refractivity contribution in [2.45, 2.75) is 46.6 Å². The molecule has 0 atom stereocenters. The summed E-state index contributed by atoms with van der Waals surface area (Å²) in [7, 11) is 0. The van der Waals surface area contributed by atoms with E-state index in [1.54, 1.807) is 0 Å². The first-order valence-electron chi connectivity index (χ1n) is 4.50. The van der Waals surface area contributed by atoms with E-state index in [2.05, 4.69) is 39.6 Å². The summed E-state index contributed by atoms with van der Waals surface area (Å²) in [5, 5.41) is 1.34. The molecule has 1 heterocycles. The van der Waals surface area contributed by atoms with Gasteiger partial charge in [0.1, 0.15) is 0 Å². The zero-order chi connectivity index (χ0) is 9.41. The summed E-state index contributed by atoms with van der Waals surface area (Å²) in [5.74, 6) is 1.15. The molecule has 0 fully saturated rings. The van der Waals surface area contributed by atoms with E-state index in [0.29, 0.717) is 5.41 Å². The molecule has 0 saturated heterocycles. The van der Waals surface area contributed by atoms with Crippen LogP contribution in [0.25, 0.3) is 0 Å². The van der Waals surface area contributed by atoms with Crippen molar-refractivity contribution in [2.24, 2.45) is 10.4 Å². The lowest BCUT2D eigenvalue weighted by Gasteiger charge is -2.17. The number of thioether (sulfide) groups is 1. The van der Waals surface area contributed by atoms with E-state index in [1.165, 1.54) is 5.04 Å². The van der Waals surface area contributed by atoms with Crippen LogP contribution in [-0.4, -0.2) is 16.3 Å². The molecule has 0 radical (unpaired) electrons. The summed E-state index contributed by atoms with van der Waals surface area (Å²) in [5.41, 5.74) is 0.567. The van der Waals surface area contributed by atoms with Crippen LogP contribution in [0.2, 0.25) is 0 Å². The first kappa shape index (κ1) is 10.1. The molecule has 2 heteroatoms. The molecule has 1 nitrogen and oxygen atoms in total. The van der Waals surface area contributed by atoms with E-state index in [-0.39, 0.29) is 5.54 Å². The summed E-state index contributed by atoms with van der Waals surface area (Å²) in [6.07, 6.45) is 1.13. The fourth-order valence-corrected chi connectivity index (χ4v) is 2.64. The van der Waals surface area contributed by atoms with Crippen LogP contribution in [0.3, 0.4) is 0 Å². The predicted molar refractivity (Wildman–Crippen MR) is 58.0 cm³/mol. The summed E-state index contributed by atoms with van der Waals surface area (Å²) in [6.45, 7) is 11.2. The zero-order valence-electron chi connectivity index (χ0n) is 8.77. The van der Waals surface area contributed by atoms with Gasteiger partial charge in [-0.2, -0.15) is 0 Å². The van der Waals surface area contributed by atoms with Crippen molar-refractivity contribution in [1.82, 2.24) is 0 Å². The Kier molecular flexibility index (Phi) is 2.57. The van der Waals surface area contributed by atoms with Crippen molar-refractivity contribution < 1.29 is 0 Å². The van der Waals surface area contributed by atoms with E-state index in [9.17, 15) is 0 Å². The highest BCUT2D eigenvalue weighted by atomic mass is 32.2. The van der Waals surface area contributed by atoms with Gasteiger partial charge in [0, 0.05) is 12.2 Å². The third-order valence-corrected chi connectivity index (χ3v) is 3.12. The Labute approximate surface area is 80.0 Å². The second-order valence-corrected chi connectivity index (χ2v) is 6.39. The van der Waals surface area contributed by atoms with Crippen LogP contribution in [0.5, 0.6) is 0 Å². The molecule has 0 aromatic rings. The molecule has 0 aliphatic carbocycles. The van der Waals surface area contributed by atoms with Crippen LogP contribution in [0, 0.1) is 5.41 Å². The second kappa shape index (κ2) is 3.06. The van der Waals surface area contributed by atoms with Crippen molar-refractivity contribution in [3.05, 3.63) is 0 Å². The topological polar surface area (TPSA) is 12.4 Å².